The Bertz CT molecular complexity index is 1130. The van der Waals surface area contributed by atoms with Gasteiger partial charge in [0.15, 0.2) is 0 Å². The third-order valence-electron chi connectivity index (χ3n) is 5.89. The first-order valence-corrected chi connectivity index (χ1v) is 12.4. The fourth-order valence-corrected chi connectivity index (χ4v) is 5.62. The standard InChI is InChI=1S/C24H29N3O3S/c28-24(10-6-7-20-18-25-23-9-3-2-8-22(20)23)26-17-19-11-13-21(14-12-19)31(29,30)27-15-4-1-5-16-27/h2-3,8-9,11-14,18,25H,1,4-7,10,15-17H2,(H,26,28). The highest BCUT2D eigenvalue weighted by atomic mass is 32.2. The van der Waals surface area contributed by atoms with E-state index in [0.29, 0.717) is 31.0 Å². The number of piperidine rings is 1. The zero-order valence-corrected chi connectivity index (χ0v) is 18.5. The lowest BCUT2D eigenvalue weighted by Gasteiger charge is -2.25. The molecule has 3 aromatic rings. The second kappa shape index (κ2) is 9.66. The van der Waals surface area contributed by atoms with Crippen LogP contribution in [0.1, 0.15) is 43.2 Å². The normalized spacial score (nSPS) is 15.2. The number of aryl methyl sites for hydroxylation is 1. The van der Waals surface area contributed by atoms with Crippen LogP contribution in [-0.2, 0) is 27.8 Å². The van der Waals surface area contributed by atoms with Crippen molar-refractivity contribution in [1.29, 1.82) is 0 Å². The van der Waals surface area contributed by atoms with Gasteiger partial charge in [0, 0.05) is 43.2 Å². The lowest BCUT2D eigenvalue weighted by molar-refractivity contribution is -0.121. The SMILES string of the molecule is O=C(CCCc1c[nH]c2ccccc12)NCc1ccc(S(=O)(=O)N2CCCCC2)cc1. The molecule has 2 N–H and O–H groups in total. The summed E-state index contributed by atoms with van der Waals surface area (Å²) in [4.78, 5) is 15.8. The molecule has 1 amide bonds. The van der Waals surface area contributed by atoms with Crippen LogP contribution < -0.4 is 5.32 Å². The van der Waals surface area contributed by atoms with Crippen LogP contribution in [0.3, 0.4) is 0 Å². The van der Waals surface area contributed by atoms with Crippen LogP contribution in [0.25, 0.3) is 10.9 Å². The maximum atomic E-state index is 12.7. The first kappa shape index (κ1) is 21.6. The summed E-state index contributed by atoms with van der Waals surface area (Å²) in [6.45, 7) is 1.59. The van der Waals surface area contributed by atoms with Gasteiger partial charge in [-0.15, -0.1) is 0 Å². The Labute approximate surface area is 183 Å². The molecule has 164 valence electrons. The molecule has 1 aliphatic heterocycles. The van der Waals surface area contributed by atoms with Crippen LogP contribution in [0, 0.1) is 0 Å². The van der Waals surface area contributed by atoms with Crippen molar-refractivity contribution in [2.75, 3.05) is 13.1 Å². The van der Waals surface area contributed by atoms with Crippen molar-refractivity contribution in [2.24, 2.45) is 0 Å². The van der Waals surface area contributed by atoms with Crippen molar-refractivity contribution in [2.45, 2.75) is 50.0 Å². The molecule has 0 atom stereocenters. The number of para-hydroxylation sites is 1. The number of carbonyl (C=O) groups excluding carboxylic acids is 1. The number of fused-ring (bicyclic) bond motifs is 1. The molecule has 1 fully saturated rings. The predicted molar refractivity (Wildman–Crippen MR) is 122 cm³/mol. The van der Waals surface area contributed by atoms with Gasteiger partial charge in [-0.2, -0.15) is 4.31 Å². The van der Waals surface area contributed by atoms with Crippen LogP contribution in [0.2, 0.25) is 0 Å². The van der Waals surface area contributed by atoms with E-state index in [9.17, 15) is 13.2 Å². The fourth-order valence-electron chi connectivity index (χ4n) is 4.10. The molecule has 0 spiro atoms. The Balaban J connectivity index is 1.24. The Hall–Kier alpha value is -2.64. The summed E-state index contributed by atoms with van der Waals surface area (Å²) in [7, 11) is -3.42. The van der Waals surface area contributed by atoms with E-state index in [1.54, 1.807) is 28.6 Å². The summed E-state index contributed by atoms with van der Waals surface area (Å²) >= 11 is 0. The average Bonchev–Trinajstić information content (AvgIpc) is 3.22. The van der Waals surface area contributed by atoms with Crippen molar-refractivity contribution in [3.8, 4) is 0 Å². The number of nitrogens with zero attached hydrogens (tertiary/aromatic N) is 1. The molecule has 1 aromatic heterocycles. The molecule has 31 heavy (non-hydrogen) atoms. The molecule has 0 bridgehead atoms. The van der Waals surface area contributed by atoms with Crippen molar-refractivity contribution in [3.63, 3.8) is 0 Å². The van der Waals surface area contributed by atoms with Gasteiger partial charge in [-0.1, -0.05) is 36.8 Å². The Morgan fingerprint density at radius 1 is 1.00 bits per heavy atom. The van der Waals surface area contributed by atoms with Gasteiger partial charge in [-0.3, -0.25) is 4.79 Å². The second-order valence-corrected chi connectivity index (χ2v) is 10.0. The van der Waals surface area contributed by atoms with Crippen molar-refractivity contribution >= 4 is 26.8 Å². The highest BCUT2D eigenvalue weighted by Crippen LogP contribution is 2.21. The molecule has 4 rings (SSSR count). The molecule has 7 heteroatoms. The minimum absolute atomic E-state index is 0.00450. The van der Waals surface area contributed by atoms with E-state index in [2.05, 4.69) is 22.4 Å². The van der Waals surface area contributed by atoms with Gasteiger partial charge in [0.2, 0.25) is 15.9 Å². The number of sulfonamides is 1. The second-order valence-electron chi connectivity index (χ2n) is 8.10. The van der Waals surface area contributed by atoms with Crippen LogP contribution >= 0.6 is 0 Å². The van der Waals surface area contributed by atoms with Crippen LogP contribution in [0.4, 0.5) is 0 Å². The molecular formula is C24H29N3O3S. The predicted octanol–water partition coefficient (Wildman–Crippen LogP) is 3.98. The molecule has 2 heterocycles. The fraction of sp³-hybridized carbons (Fsp3) is 0.375. The number of carbonyl (C=O) groups is 1. The van der Waals surface area contributed by atoms with E-state index in [1.807, 2.05) is 18.3 Å². The number of hydrogen-bond donors (Lipinski definition) is 2. The quantitative estimate of drug-likeness (QED) is 0.557. The Morgan fingerprint density at radius 3 is 2.52 bits per heavy atom. The summed E-state index contributed by atoms with van der Waals surface area (Å²) in [5, 5.41) is 4.14. The molecule has 1 aliphatic rings. The summed E-state index contributed by atoms with van der Waals surface area (Å²) in [6.07, 6.45) is 7.03. The molecule has 0 radical (unpaired) electrons. The minimum Gasteiger partial charge on any atom is -0.361 e. The average molecular weight is 440 g/mol. The summed E-state index contributed by atoms with van der Waals surface area (Å²) in [6, 6.07) is 15.0. The van der Waals surface area contributed by atoms with E-state index in [4.69, 9.17) is 0 Å². The van der Waals surface area contributed by atoms with E-state index < -0.39 is 10.0 Å². The van der Waals surface area contributed by atoms with Crippen molar-refractivity contribution in [1.82, 2.24) is 14.6 Å². The number of H-pyrrole nitrogens is 1. The number of amides is 1. The molecule has 6 nitrogen and oxygen atoms in total. The van der Waals surface area contributed by atoms with Gasteiger partial charge in [0.25, 0.3) is 0 Å². The lowest BCUT2D eigenvalue weighted by Crippen LogP contribution is -2.35. The summed E-state index contributed by atoms with van der Waals surface area (Å²) < 4.78 is 27.0. The molecule has 0 unspecified atom stereocenters. The highest BCUT2D eigenvalue weighted by molar-refractivity contribution is 7.89. The summed E-state index contributed by atoms with van der Waals surface area (Å²) in [5.41, 5.74) is 3.24. The number of hydrogen-bond acceptors (Lipinski definition) is 3. The minimum atomic E-state index is -3.42. The zero-order valence-electron chi connectivity index (χ0n) is 17.6. The number of benzene rings is 2. The van der Waals surface area contributed by atoms with Gasteiger partial charge in [0.05, 0.1) is 4.90 Å². The molecule has 0 saturated carbocycles. The van der Waals surface area contributed by atoms with Gasteiger partial charge < -0.3 is 10.3 Å². The molecule has 2 aromatic carbocycles. The van der Waals surface area contributed by atoms with Crippen molar-refractivity contribution in [3.05, 3.63) is 65.9 Å². The monoisotopic (exact) mass is 439 g/mol. The number of rotatable bonds is 8. The Kier molecular flexibility index (Phi) is 6.73. The largest absolute Gasteiger partial charge is 0.361 e. The Morgan fingerprint density at radius 2 is 1.74 bits per heavy atom. The van der Waals surface area contributed by atoms with E-state index >= 15 is 0 Å². The first-order valence-electron chi connectivity index (χ1n) is 10.9. The first-order chi connectivity index (χ1) is 15.0. The van der Waals surface area contributed by atoms with E-state index in [-0.39, 0.29) is 5.91 Å². The molecular weight excluding hydrogens is 410 g/mol. The van der Waals surface area contributed by atoms with Gasteiger partial charge in [-0.25, -0.2) is 8.42 Å². The lowest BCUT2D eigenvalue weighted by atomic mass is 10.1. The zero-order chi connectivity index (χ0) is 21.7. The maximum absolute atomic E-state index is 12.7. The smallest absolute Gasteiger partial charge is 0.243 e. The van der Waals surface area contributed by atoms with Gasteiger partial charge in [0.1, 0.15) is 0 Å². The maximum Gasteiger partial charge on any atom is 0.243 e. The third kappa shape index (κ3) is 5.17. The number of aromatic nitrogens is 1. The van der Waals surface area contributed by atoms with E-state index in [0.717, 1.165) is 43.2 Å². The molecule has 0 aliphatic carbocycles. The highest BCUT2D eigenvalue weighted by Gasteiger charge is 2.25. The summed E-state index contributed by atoms with van der Waals surface area (Å²) in [5.74, 6) is 0.00450. The van der Waals surface area contributed by atoms with Gasteiger partial charge >= 0.3 is 0 Å². The van der Waals surface area contributed by atoms with Crippen LogP contribution in [0.5, 0.6) is 0 Å². The third-order valence-corrected chi connectivity index (χ3v) is 7.80. The molecule has 1 saturated heterocycles. The topological polar surface area (TPSA) is 82.3 Å². The van der Waals surface area contributed by atoms with Crippen molar-refractivity contribution < 1.29 is 13.2 Å². The van der Waals surface area contributed by atoms with Gasteiger partial charge in [-0.05, 0) is 55.0 Å². The van der Waals surface area contributed by atoms with Crippen LogP contribution in [-0.4, -0.2) is 36.7 Å². The van der Waals surface area contributed by atoms with E-state index in [1.165, 1.54) is 10.9 Å². The number of aromatic amines is 1. The number of nitrogens with one attached hydrogen (secondary N) is 2. The van der Waals surface area contributed by atoms with Crippen LogP contribution in [0.15, 0.2) is 59.6 Å².